The topological polar surface area (TPSA) is 69.0 Å². The minimum absolute atomic E-state index is 0.0729. The highest BCUT2D eigenvalue weighted by atomic mass is 32.2. The highest BCUT2D eigenvalue weighted by Gasteiger charge is 2.25. The van der Waals surface area contributed by atoms with Gasteiger partial charge < -0.3 is 10.1 Å². The van der Waals surface area contributed by atoms with Crippen molar-refractivity contribution in [3.63, 3.8) is 0 Å². The zero-order chi connectivity index (χ0) is 19.2. The highest BCUT2D eigenvalue weighted by molar-refractivity contribution is 8.00. The van der Waals surface area contributed by atoms with Gasteiger partial charge in [0.2, 0.25) is 11.1 Å². The summed E-state index contributed by atoms with van der Waals surface area (Å²) in [5, 5.41) is 7.71. The van der Waals surface area contributed by atoms with Crippen LogP contribution in [0, 0.1) is 5.92 Å². The van der Waals surface area contributed by atoms with Gasteiger partial charge in [0.1, 0.15) is 12.1 Å². The molecule has 0 saturated heterocycles. The average molecular weight is 382 g/mol. The Hall–Kier alpha value is -2.80. The van der Waals surface area contributed by atoms with Crippen LogP contribution in [-0.4, -0.2) is 33.0 Å². The number of hydrogen-bond donors (Lipinski definition) is 1. The molecule has 0 radical (unpaired) electrons. The van der Waals surface area contributed by atoms with Crippen molar-refractivity contribution in [2.45, 2.75) is 24.3 Å². The van der Waals surface area contributed by atoms with Crippen LogP contribution in [0.4, 0.5) is 5.69 Å². The van der Waals surface area contributed by atoms with Gasteiger partial charge in [0, 0.05) is 5.69 Å². The summed E-state index contributed by atoms with van der Waals surface area (Å²) in [6.45, 7) is 4.03. The minimum Gasteiger partial charge on any atom is -0.497 e. The number of rotatable bonds is 7. The quantitative estimate of drug-likeness (QED) is 0.625. The summed E-state index contributed by atoms with van der Waals surface area (Å²) in [4.78, 5) is 17.1. The number of carbonyl (C=O) groups excluding carboxylic acids is 1. The zero-order valence-electron chi connectivity index (χ0n) is 15.5. The molecule has 140 valence electrons. The van der Waals surface area contributed by atoms with Gasteiger partial charge in [-0.1, -0.05) is 43.8 Å². The van der Waals surface area contributed by atoms with Crippen LogP contribution in [0.1, 0.15) is 13.8 Å². The minimum atomic E-state index is -0.307. The van der Waals surface area contributed by atoms with Crippen molar-refractivity contribution in [1.29, 1.82) is 0 Å². The number of carbonyl (C=O) groups is 1. The highest BCUT2D eigenvalue weighted by Crippen LogP contribution is 2.27. The molecule has 0 aliphatic heterocycles. The molecule has 0 aliphatic rings. The van der Waals surface area contributed by atoms with E-state index in [2.05, 4.69) is 15.4 Å². The van der Waals surface area contributed by atoms with E-state index in [0.717, 1.165) is 17.1 Å². The van der Waals surface area contributed by atoms with Crippen LogP contribution in [0.15, 0.2) is 66.1 Å². The second-order valence-electron chi connectivity index (χ2n) is 6.31. The molecular formula is C20H22N4O2S. The van der Waals surface area contributed by atoms with E-state index in [1.54, 1.807) is 18.1 Å². The van der Waals surface area contributed by atoms with Gasteiger partial charge in [-0.3, -0.25) is 4.79 Å². The Bertz CT molecular complexity index is 879. The third-order valence-corrected chi connectivity index (χ3v) is 5.36. The molecule has 1 N–H and O–H groups in total. The number of thioether (sulfide) groups is 1. The van der Waals surface area contributed by atoms with E-state index in [-0.39, 0.29) is 17.1 Å². The SMILES string of the molecule is COc1ccc(NC(=O)C(Sc2ncn(-c3ccccc3)n2)C(C)C)cc1. The zero-order valence-corrected chi connectivity index (χ0v) is 16.3. The molecule has 1 aromatic heterocycles. The van der Waals surface area contributed by atoms with Gasteiger partial charge in [0.25, 0.3) is 0 Å². The van der Waals surface area contributed by atoms with Crippen LogP contribution < -0.4 is 10.1 Å². The van der Waals surface area contributed by atoms with Crippen molar-refractivity contribution in [3.05, 3.63) is 60.9 Å². The molecular weight excluding hydrogens is 360 g/mol. The second-order valence-corrected chi connectivity index (χ2v) is 7.42. The first kappa shape index (κ1) is 19.0. The third kappa shape index (κ3) is 4.89. The first-order valence-corrected chi connectivity index (χ1v) is 9.53. The van der Waals surface area contributed by atoms with E-state index in [1.165, 1.54) is 11.8 Å². The molecule has 3 aromatic rings. The summed E-state index contributed by atoms with van der Waals surface area (Å²) in [5.74, 6) is 0.798. The third-order valence-electron chi connectivity index (χ3n) is 3.95. The van der Waals surface area contributed by atoms with Gasteiger partial charge in [-0.2, -0.15) is 0 Å². The maximum absolute atomic E-state index is 12.8. The van der Waals surface area contributed by atoms with Crippen molar-refractivity contribution in [1.82, 2.24) is 14.8 Å². The summed E-state index contributed by atoms with van der Waals surface area (Å²) in [6, 6.07) is 17.0. The Labute approximate surface area is 163 Å². The van der Waals surface area contributed by atoms with Crippen LogP contribution in [0.2, 0.25) is 0 Å². The normalized spacial score (nSPS) is 12.0. The number of anilines is 1. The molecule has 6 nitrogen and oxygen atoms in total. The maximum atomic E-state index is 12.8. The summed E-state index contributed by atoms with van der Waals surface area (Å²) in [6.07, 6.45) is 1.66. The molecule has 0 aliphatic carbocycles. The smallest absolute Gasteiger partial charge is 0.238 e. The number of aromatic nitrogens is 3. The lowest BCUT2D eigenvalue weighted by atomic mass is 10.1. The van der Waals surface area contributed by atoms with E-state index in [1.807, 2.05) is 68.4 Å². The number of amides is 1. The monoisotopic (exact) mass is 382 g/mol. The lowest BCUT2D eigenvalue weighted by Crippen LogP contribution is -2.29. The van der Waals surface area contributed by atoms with Crippen molar-refractivity contribution >= 4 is 23.4 Å². The van der Waals surface area contributed by atoms with Gasteiger partial charge >= 0.3 is 0 Å². The van der Waals surface area contributed by atoms with E-state index < -0.39 is 0 Å². The van der Waals surface area contributed by atoms with Crippen LogP contribution in [0.3, 0.4) is 0 Å². The molecule has 7 heteroatoms. The molecule has 1 amide bonds. The molecule has 0 bridgehead atoms. The van der Waals surface area contributed by atoms with Crippen LogP contribution in [0.5, 0.6) is 5.75 Å². The second kappa shape index (κ2) is 8.73. The lowest BCUT2D eigenvalue weighted by molar-refractivity contribution is -0.116. The van der Waals surface area contributed by atoms with Gasteiger partial charge in [0.05, 0.1) is 18.0 Å². The van der Waals surface area contributed by atoms with Gasteiger partial charge in [-0.25, -0.2) is 9.67 Å². The van der Waals surface area contributed by atoms with Crippen molar-refractivity contribution in [2.75, 3.05) is 12.4 Å². The molecule has 0 saturated carbocycles. The Balaban J connectivity index is 1.70. The molecule has 0 fully saturated rings. The predicted octanol–water partition coefficient (Wildman–Crippen LogP) is 4.03. The maximum Gasteiger partial charge on any atom is 0.238 e. The van der Waals surface area contributed by atoms with Gasteiger partial charge in [-0.15, -0.1) is 5.10 Å². The standard InChI is InChI=1S/C20H22N4O2S/c1-14(2)18(19(25)22-15-9-11-17(26-3)12-10-15)27-20-21-13-24(23-20)16-7-5-4-6-8-16/h4-14,18H,1-3H3,(H,22,25). The van der Waals surface area contributed by atoms with E-state index in [9.17, 15) is 4.79 Å². The molecule has 1 heterocycles. The van der Waals surface area contributed by atoms with E-state index >= 15 is 0 Å². The van der Waals surface area contributed by atoms with E-state index in [0.29, 0.717) is 5.16 Å². The Morgan fingerprint density at radius 3 is 2.44 bits per heavy atom. The largest absolute Gasteiger partial charge is 0.497 e. The predicted molar refractivity (Wildman–Crippen MR) is 107 cm³/mol. The van der Waals surface area contributed by atoms with Crippen molar-refractivity contribution in [3.8, 4) is 11.4 Å². The molecule has 2 aromatic carbocycles. The van der Waals surface area contributed by atoms with Crippen molar-refractivity contribution in [2.24, 2.45) is 5.92 Å². The Kier molecular flexibility index (Phi) is 6.13. The summed E-state index contributed by atoms with van der Waals surface area (Å²) in [5.41, 5.74) is 1.66. The number of hydrogen-bond acceptors (Lipinski definition) is 5. The number of nitrogens with zero attached hydrogens (tertiary/aromatic N) is 3. The van der Waals surface area contributed by atoms with E-state index in [4.69, 9.17) is 4.74 Å². The summed E-state index contributed by atoms with van der Waals surface area (Å²) < 4.78 is 6.85. The fourth-order valence-corrected chi connectivity index (χ4v) is 3.41. The summed E-state index contributed by atoms with van der Waals surface area (Å²) >= 11 is 1.37. The number of methoxy groups -OCH3 is 1. The van der Waals surface area contributed by atoms with Gasteiger partial charge in [-0.05, 0) is 42.3 Å². The van der Waals surface area contributed by atoms with Gasteiger partial charge in [0.15, 0.2) is 0 Å². The molecule has 1 atom stereocenters. The average Bonchev–Trinajstić information content (AvgIpc) is 3.16. The molecule has 0 spiro atoms. The number of benzene rings is 2. The van der Waals surface area contributed by atoms with Crippen LogP contribution >= 0.6 is 11.8 Å². The fourth-order valence-electron chi connectivity index (χ4n) is 2.50. The van der Waals surface area contributed by atoms with Crippen LogP contribution in [-0.2, 0) is 4.79 Å². The Morgan fingerprint density at radius 2 is 1.81 bits per heavy atom. The first-order valence-electron chi connectivity index (χ1n) is 8.65. The lowest BCUT2D eigenvalue weighted by Gasteiger charge is -2.18. The number of nitrogens with one attached hydrogen (secondary N) is 1. The summed E-state index contributed by atoms with van der Waals surface area (Å²) in [7, 11) is 1.61. The number of para-hydroxylation sites is 1. The molecule has 27 heavy (non-hydrogen) atoms. The first-order chi connectivity index (χ1) is 13.1. The van der Waals surface area contributed by atoms with Crippen LogP contribution in [0.25, 0.3) is 5.69 Å². The molecule has 3 rings (SSSR count). The Morgan fingerprint density at radius 1 is 1.11 bits per heavy atom. The van der Waals surface area contributed by atoms with Crippen molar-refractivity contribution < 1.29 is 9.53 Å². The number of ether oxygens (including phenoxy) is 1. The fraction of sp³-hybridized carbons (Fsp3) is 0.250. The molecule has 1 unspecified atom stereocenters.